The Morgan fingerprint density at radius 2 is 2.20 bits per heavy atom. The number of H-pyrrole nitrogens is 1. The first-order chi connectivity index (χ1) is 4.63. The Kier molecular flexibility index (Phi) is 1.50. The zero-order chi connectivity index (χ0) is 7.72. The molecule has 0 fully saturated rings. The van der Waals surface area contributed by atoms with Crippen molar-refractivity contribution >= 4 is 11.6 Å². The standard InChI is InChI=1S/C5H10N4O/c1-2(10)3-4(6)8-9-5(3)7/h2,10H,1H3,(H5,6,7,8,9). The SMILES string of the molecule is CC(O)c1c(N)n[nH]c1N. The van der Waals surface area contributed by atoms with Crippen LogP contribution in [0.2, 0.25) is 0 Å². The molecule has 0 bridgehead atoms. The van der Waals surface area contributed by atoms with Gasteiger partial charge in [-0.25, -0.2) is 0 Å². The van der Waals surface area contributed by atoms with Crippen LogP contribution in [0.1, 0.15) is 18.6 Å². The van der Waals surface area contributed by atoms with Crippen LogP contribution in [-0.4, -0.2) is 15.3 Å². The molecular weight excluding hydrogens is 132 g/mol. The molecule has 1 unspecified atom stereocenters. The highest BCUT2D eigenvalue weighted by Gasteiger charge is 2.12. The number of hydrogen-bond acceptors (Lipinski definition) is 4. The summed E-state index contributed by atoms with van der Waals surface area (Å²) in [4.78, 5) is 0. The number of anilines is 2. The average molecular weight is 142 g/mol. The van der Waals surface area contributed by atoms with E-state index in [4.69, 9.17) is 16.6 Å². The summed E-state index contributed by atoms with van der Waals surface area (Å²) in [5.74, 6) is 0.583. The molecule has 1 atom stereocenters. The molecule has 1 heterocycles. The Hall–Kier alpha value is -1.23. The largest absolute Gasteiger partial charge is 0.388 e. The Labute approximate surface area is 58.0 Å². The van der Waals surface area contributed by atoms with Gasteiger partial charge in [-0.3, -0.25) is 5.10 Å². The fourth-order valence-electron chi connectivity index (χ4n) is 0.818. The third-order valence-electron chi connectivity index (χ3n) is 1.28. The first-order valence-electron chi connectivity index (χ1n) is 2.90. The van der Waals surface area contributed by atoms with Crippen LogP contribution >= 0.6 is 0 Å². The van der Waals surface area contributed by atoms with Crippen molar-refractivity contribution in [3.05, 3.63) is 5.56 Å². The van der Waals surface area contributed by atoms with Crippen molar-refractivity contribution in [1.29, 1.82) is 0 Å². The number of aromatic nitrogens is 2. The molecule has 6 N–H and O–H groups in total. The molecule has 0 spiro atoms. The molecule has 0 aliphatic heterocycles. The fraction of sp³-hybridized carbons (Fsp3) is 0.400. The Morgan fingerprint density at radius 3 is 2.40 bits per heavy atom. The van der Waals surface area contributed by atoms with Gasteiger partial charge in [0.25, 0.3) is 0 Å². The molecule has 5 nitrogen and oxygen atoms in total. The van der Waals surface area contributed by atoms with Gasteiger partial charge in [0.15, 0.2) is 5.82 Å². The van der Waals surface area contributed by atoms with Crippen molar-refractivity contribution in [2.24, 2.45) is 0 Å². The second-order valence-corrected chi connectivity index (χ2v) is 2.11. The van der Waals surface area contributed by atoms with Crippen LogP contribution in [0.3, 0.4) is 0 Å². The van der Waals surface area contributed by atoms with E-state index in [0.29, 0.717) is 11.4 Å². The van der Waals surface area contributed by atoms with Crippen molar-refractivity contribution in [3.63, 3.8) is 0 Å². The second-order valence-electron chi connectivity index (χ2n) is 2.11. The van der Waals surface area contributed by atoms with Gasteiger partial charge >= 0.3 is 0 Å². The summed E-state index contributed by atoms with van der Waals surface area (Å²) < 4.78 is 0. The predicted octanol–water partition coefficient (Wildman–Crippen LogP) is -0.373. The molecule has 5 heteroatoms. The van der Waals surface area contributed by atoms with E-state index in [-0.39, 0.29) is 5.82 Å². The van der Waals surface area contributed by atoms with E-state index >= 15 is 0 Å². The van der Waals surface area contributed by atoms with Gasteiger partial charge in [-0.15, -0.1) is 0 Å². The van der Waals surface area contributed by atoms with Gasteiger partial charge in [0.1, 0.15) is 5.82 Å². The molecule has 10 heavy (non-hydrogen) atoms. The lowest BCUT2D eigenvalue weighted by atomic mass is 10.2. The lowest BCUT2D eigenvalue weighted by Gasteiger charge is -2.01. The van der Waals surface area contributed by atoms with Crippen LogP contribution in [0.25, 0.3) is 0 Å². The topological polar surface area (TPSA) is 101 Å². The minimum absolute atomic E-state index is 0.257. The zero-order valence-electron chi connectivity index (χ0n) is 5.63. The van der Waals surface area contributed by atoms with Gasteiger partial charge in [-0.1, -0.05) is 0 Å². The quantitative estimate of drug-likeness (QED) is 0.429. The minimum Gasteiger partial charge on any atom is -0.388 e. The fourth-order valence-corrected chi connectivity index (χ4v) is 0.818. The summed E-state index contributed by atoms with van der Waals surface area (Å²) in [6.45, 7) is 1.58. The van der Waals surface area contributed by atoms with Gasteiger partial charge in [0.05, 0.1) is 11.7 Å². The maximum atomic E-state index is 9.05. The van der Waals surface area contributed by atoms with Crippen LogP contribution < -0.4 is 11.5 Å². The molecule has 0 amide bonds. The first-order valence-corrected chi connectivity index (χ1v) is 2.90. The van der Waals surface area contributed by atoms with Gasteiger partial charge in [-0.2, -0.15) is 5.10 Å². The molecule has 0 radical (unpaired) electrons. The highest BCUT2D eigenvalue weighted by molar-refractivity contribution is 5.54. The lowest BCUT2D eigenvalue weighted by Crippen LogP contribution is -1.99. The van der Waals surface area contributed by atoms with E-state index < -0.39 is 6.10 Å². The van der Waals surface area contributed by atoms with Gasteiger partial charge in [0, 0.05) is 0 Å². The number of nitrogen functional groups attached to an aromatic ring is 2. The molecule has 1 aromatic heterocycles. The molecule has 1 aromatic rings. The number of nitrogens with two attached hydrogens (primary N) is 2. The summed E-state index contributed by atoms with van der Waals surface area (Å²) in [6, 6.07) is 0. The van der Waals surface area contributed by atoms with Crippen molar-refractivity contribution < 1.29 is 5.11 Å². The van der Waals surface area contributed by atoms with Crippen molar-refractivity contribution in [1.82, 2.24) is 10.2 Å². The van der Waals surface area contributed by atoms with E-state index in [1.54, 1.807) is 6.92 Å². The van der Waals surface area contributed by atoms with Crippen LogP contribution in [0.15, 0.2) is 0 Å². The van der Waals surface area contributed by atoms with Gasteiger partial charge in [-0.05, 0) is 6.92 Å². The molecule has 0 saturated carbocycles. The molecule has 0 aliphatic carbocycles. The first kappa shape index (κ1) is 6.88. The number of hydrogen-bond donors (Lipinski definition) is 4. The van der Waals surface area contributed by atoms with E-state index in [1.807, 2.05) is 0 Å². The van der Waals surface area contributed by atoms with Crippen molar-refractivity contribution in [2.75, 3.05) is 11.5 Å². The smallest absolute Gasteiger partial charge is 0.153 e. The number of rotatable bonds is 1. The summed E-state index contributed by atoms with van der Waals surface area (Å²) >= 11 is 0. The predicted molar refractivity (Wildman–Crippen MR) is 38.0 cm³/mol. The summed E-state index contributed by atoms with van der Waals surface area (Å²) in [5, 5.41) is 15.1. The zero-order valence-corrected chi connectivity index (χ0v) is 5.63. The third-order valence-corrected chi connectivity index (χ3v) is 1.28. The minimum atomic E-state index is -0.668. The molecule has 56 valence electrons. The summed E-state index contributed by atoms with van der Waals surface area (Å²) in [5.41, 5.74) is 11.2. The van der Waals surface area contributed by atoms with E-state index in [0.717, 1.165) is 0 Å². The van der Waals surface area contributed by atoms with E-state index in [9.17, 15) is 0 Å². The highest BCUT2D eigenvalue weighted by atomic mass is 16.3. The van der Waals surface area contributed by atoms with E-state index in [1.165, 1.54) is 0 Å². The third kappa shape index (κ3) is 0.906. The van der Waals surface area contributed by atoms with E-state index in [2.05, 4.69) is 10.2 Å². The summed E-state index contributed by atoms with van der Waals surface area (Å²) in [6.07, 6.45) is -0.668. The number of nitrogens with zero attached hydrogens (tertiary/aromatic N) is 1. The lowest BCUT2D eigenvalue weighted by molar-refractivity contribution is 0.201. The normalized spacial score (nSPS) is 13.4. The molecule has 0 aliphatic rings. The van der Waals surface area contributed by atoms with Crippen LogP contribution in [0.4, 0.5) is 11.6 Å². The Bertz CT molecular complexity index is 210. The highest BCUT2D eigenvalue weighted by Crippen LogP contribution is 2.22. The van der Waals surface area contributed by atoms with Crippen LogP contribution in [0, 0.1) is 0 Å². The maximum Gasteiger partial charge on any atom is 0.153 e. The number of nitrogens with one attached hydrogen (secondary N) is 1. The van der Waals surface area contributed by atoms with Crippen molar-refractivity contribution in [3.8, 4) is 0 Å². The molecule has 0 aromatic carbocycles. The maximum absolute atomic E-state index is 9.05. The van der Waals surface area contributed by atoms with Gasteiger partial charge < -0.3 is 16.6 Å². The van der Waals surface area contributed by atoms with Crippen molar-refractivity contribution in [2.45, 2.75) is 13.0 Å². The Morgan fingerprint density at radius 1 is 1.60 bits per heavy atom. The molecule has 1 rings (SSSR count). The molecular formula is C5H10N4O. The number of aliphatic hydroxyl groups excluding tert-OH is 1. The van der Waals surface area contributed by atoms with Crippen LogP contribution in [-0.2, 0) is 0 Å². The monoisotopic (exact) mass is 142 g/mol. The Balaban J connectivity index is 3.10. The number of aliphatic hydroxyl groups is 1. The second kappa shape index (κ2) is 2.18. The average Bonchev–Trinajstić information content (AvgIpc) is 2.11. The molecule has 0 saturated heterocycles. The van der Waals surface area contributed by atoms with Crippen LogP contribution in [0.5, 0.6) is 0 Å². The number of aromatic amines is 1. The summed E-state index contributed by atoms with van der Waals surface area (Å²) in [7, 11) is 0. The van der Waals surface area contributed by atoms with Gasteiger partial charge in [0.2, 0.25) is 0 Å².